The lowest BCUT2D eigenvalue weighted by Crippen LogP contribution is -2.58. The van der Waals surface area contributed by atoms with E-state index in [0.29, 0.717) is 18.4 Å². The maximum Gasteiger partial charge on any atom is 0.338 e. The summed E-state index contributed by atoms with van der Waals surface area (Å²) in [6.45, 7) is 0. The molecule has 3 rings (SSSR count). The zero-order chi connectivity index (χ0) is 15.0. The first-order valence-corrected chi connectivity index (χ1v) is 7.33. The molecule has 5 nitrogen and oxygen atoms in total. The Morgan fingerprint density at radius 2 is 2.05 bits per heavy atom. The fourth-order valence-electron chi connectivity index (χ4n) is 3.25. The van der Waals surface area contributed by atoms with E-state index in [2.05, 4.69) is 5.32 Å². The van der Waals surface area contributed by atoms with Gasteiger partial charge in [0, 0.05) is 12.5 Å². The SMILES string of the molecule is O=C(OC1CC2CCC(Cl)(N2)C1C(=O)O)c1ccccc1. The van der Waals surface area contributed by atoms with Crippen LogP contribution in [0.15, 0.2) is 30.3 Å². The topological polar surface area (TPSA) is 75.6 Å². The molecule has 2 bridgehead atoms. The average molecular weight is 310 g/mol. The van der Waals surface area contributed by atoms with Crippen molar-refractivity contribution in [2.45, 2.75) is 36.4 Å². The number of carboxylic acids is 1. The van der Waals surface area contributed by atoms with Gasteiger partial charge in [-0.15, -0.1) is 11.6 Å². The second-order valence-corrected chi connectivity index (χ2v) is 6.28. The largest absolute Gasteiger partial charge is 0.481 e. The van der Waals surface area contributed by atoms with Gasteiger partial charge in [0.05, 0.1) is 5.56 Å². The summed E-state index contributed by atoms with van der Waals surface area (Å²) in [4.78, 5) is 22.7. The highest BCUT2D eigenvalue weighted by Crippen LogP contribution is 2.44. The molecular formula is C15H16ClNO4. The molecular weight excluding hydrogens is 294 g/mol. The third kappa shape index (κ3) is 2.63. The molecule has 6 heteroatoms. The Balaban J connectivity index is 1.80. The number of alkyl halides is 1. The van der Waals surface area contributed by atoms with Crippen LogP contribution in [0.1, 0.15) is 29.6 Å². The summed E-state index contributed by atoms with van der Waals surface area (Å²) in [5, 5.41) is 12.6. The fraction of sp³-hybridized carbons (Fsp3) is 0.467. The molecule has 0 aromatic heterocycles. The first-order chi connectivity index (χ1) is 9.99. The molecule has 2 saturated heterocycles. The van der Waals surface area contributed by atoms with E-state index >= 15 is 0 Å². The predicted molar refractivity (Wildman–Crippen MR) is 76.1 cm³/mol. The molecule has 1 aromatic rings. The van der Waals surface area contributed by atoms with Gasteiger partial charge in [-0.05, 0) is 25.0 Å². The van der Waals surface area contributed by atoms with E-state index in [4.69, 9.17) is 16.3 Å². The van der Waals surface area contributed by atoms with Crippen LogP contribution in [0, 0.1) is 5.92 Å². The van der Waals surface area contributed by atoms with Gasteiger partial charge in [-0.2, -0.15) is 0 Å². The molecule has 2 heterocycles. The molecule has 2 aliphatic heterocycles. The van der Waals surface area contributed by atoms with Crippen LogP contribution in [0.4, 0.5) is 0 Å². The van der Waals surface area contributed by atoms with Crippen LogP contribution in [0.2, 0.25) is 0 Å². The number of carbonyl (C=O) groups excluding carboxylic acids is 1. The molecule has 0 aliphatic carbocycles. The van der Waals surface area contributed by atoms with E-state index in [-0.39, 0.29) is 6.04 Å². The van der Waals surface area contributed by atoms with Crippen molar-refractivity contribution in [3.05, 3.63) is 35.9 Å². The van der Waals surface area contributed by atoms with Gasteiger partial charge in [0.15, 0.2) is 0 Å². The van der Waals surface area contributed by atoms with E-state index in [1.807, 2.05) is 0 Å². The first kappa shape index (κ1) is 14.4. The standard InChI is InChI=1S/C15H16ClNO4/c16-15-7-6-10(17-15)8-11(12(15)13(18)19)21-14(20)9-4-2-1-3-5-9/h1-5,10-12,17H,6-8H2,(H,18,19). The molecule has 2 fully saturated rings. The summed E-state index contributed by atoms with van der Waals surface area (Å²) in [6.07, 6.45) is 1.13. The zero-order valence-corrected chi connectivity index (χ0v) is 12.0. The van der Waals surface area contributed by atoms with Gasteiger partial charge in [0.25, 0.3) is 0 Å². The predicted octanol–water partition coefficient (Wildman–Crippen LogP) is 2.00. The van der Waals surface area contributed by atoms with E-state index in [1.54, 1.807) is 30.3 Å². The number of carboxylic acid groups (broad SMARTS) is 1. The summed E-state index contributed by atoms with van der Waals surface area (Å²) >= 11 is 6.40. The number of benzene rings is 1. The Morgan fingerprint density at radius 1 is 1.33 bits per heavy atom. The van der Waals surface area contributed by atoms with Crippen molar-refractivity contribution < 1.29 is 19.4 Å². The monoisotopic (exact) mass is 309 g/mol. The normalized spacial score (nSPS) is 34.4. The van der Waals surface area contributed by atoms with Crippen molar-refractivity contribution in [3.63, 3.8) is 0 Å². The number of aliphatic carboxylic acids is 1. The quantitative estimate of drug-likeness (QED) is 0.507. The van der Waals surface area contributed by atoms with Gasteiger partial charge in [0.2, 0.25) is 0 Å². The highest BCUT2D eigenvalue weighted by atomic mass is 35.5. The molecule has 1 aromatic carbocycles. The average Bonchev–Trinajstić information content (AvgIpc) is 2.75. The summed E-state index contributed by atoms with van der Waals surface area (Å²) < 4.78 is 5.45. The Hall–Kier alpha value is -1.59. The number of halogens is 1. The fourth-order valence-corrected chi connectivity index (χ4v) is 3.75. The van der Waals surface area contributed by atoms with Crippen molar-refractivity contribution in [1.82, 2.24) is 5.32 Å². The zero-order valence-electron chi connectivity index (χ0n) is 11.3. The number of hydrogen-bond donors (Lipinski definition) is 2. The summed E-state index contributed by atoms with van der Waals surface area (Å²) in [5.41, 5.74) is 0.413. The van der Waals surface area contributed by atoms with E-state index < -0.39 is 29.0 Å². The molecule has 0 radical (unpaired) electrons. The van der Waals surface area contributed by atoms with Crippen LogP contribution in [0.3, 0.4) is 0 Å². The molecule has 4 unspecified atom stereocenters. The van der Waals surface area contributed by atoms with Gasteiger partial charge in [-0.25, -0.2) is 4.79 Å². The number of esters is 1. The van der Waals surface area contributed by atoms with Crippen LogP contribution in [-0.4, -0.2) is 34.2 Å². The summed E-state index contributed by atoms with van der Waals surface area (Å²) in [7, 11) is 0. The molecule has 0 amide bonds. The Morgan fingerprint density at radius 3 is 2.71 bits per heavy atom. The van der Waals surface area contributed by atoms with Crippen LogP contribution in [0.5, 0.6) is 0 Å². The van der Waals surface area contributed by atoms with Gasteiger partial charge >= 0.3 is 11.9 Å². The molecule has 112 valence electrons. The molecule has 0 saturated carbocycles. The second-order valence-electron chi connectivity index (χ2n) is 5.60. The molecule has 0 spiro atoms. The number of ether oxygens (including phenoxy) is 1. The van der Waals surface area contributed by atoms with Crippen molar-refractivity contribution in [3.8, 4) is 0 Å². The Kier molecular flexibility index (Phi) is 3.63. The number of rotatable bonds is 3. The molecule has 4 atom stereocenters. The minimum absolute atomic E-state index is 0.103. The number of fused-ring (bicyclic) bond motifs is 2. The molecule has 21 heavy (non-hydrogen) atoms. The van der Waals surface area contributed by atoms with Crippen molar-refractivity contribution in [1.29, 1.82) is 0 Å². The number of nitrogens with one attached hydrogen (secondary N) is 1. The minimum atomic E-state index is -1.04. The summed E-state index contributed by atoms with van der Waals surface area (Å²) in [5.74, 6) is -2.48. The van der Waals surface area contributed by atoms with Crippen LogP contribution < -0.4 is 5.32 Å². The Labute approximate surface area is 127 Å². The highest BCUT2D eigenvalue weighted by molar-refractivity contribution is 6.25. The molecule has 2 aliphatic rings. The molecule has 2 N–H and O–H groups in total. The smallest absolute Gasteiger partial charge is 0.338 e. The lowest BCUT2D eigenvalue weighted by molar-refractivity contribution is -0.149. The van der Waals surface area contributed by atoms with Crippen LogP contribution in [0.25, 0.3) is 0 Å². The number of carbonyl (C=O) groups is 2. The van der Waals surface area contributed by atoms with E-state index in [0.717, 1.165) is 6.42 Å². The van der Waals surface area contributed by atoms with Gasteiger partial charge in [-0.1, -0.05) is 18.2 Å². The number of piperidine rings is 1. The third-order valence-electron chi connectivity index (χ3n) is 4.22. The van der Waals surface area contributed by atoms with Crippen molar-refractivity contribution in [2.75, 3.05) is 0 Å². The number of hydrogen-bond acceptors (Lipinski definition) is 4. The van der Waals surface area contributed by atoms with Crippen LogP contribution in [-0.2, 0) is 9.53 Å². The maximum absolute atomic E-state index is 12.1. The lowest BCUT2D eigenvalue weighted by atomic mass is 9.88. The van der Waals surface area contributed by atoms with Gasteiger partial charge in [0.1, 0.15) is 17.0 Å². The Bertz CT molecular complexity index is 564. The van der Waals surface area contributed by atoms with E-state index in [1.165, 1.54) is 0 Å². The van der Waals surface area contributed by atoms with Gasteiger partial charge in [-0.3, -0.25) is 10.1 Å². The highest BCUT2D eigenvalue weighted by Gasteiger charge is 2.56. The maximum atomic E-state index is 12.1. The lowest BCUT2D eigenvalue weighted by Gasteiger charge is -2.39. The van der Waals surface area contributed by atoms with Crippen molar-refractivity contribution in [2.24, 2.45) is 5.92 Å². The second kappa shape index (κ2) is 5.31. The first-order valence-electron chi connectivity index (χ1n) is 6.95. The van der Waals surface area contributed by atoms with Gasteiger partial charge < -0.3 is 9.84 Å². The van der Waals surface area contributed by atoms with Crippen molar-refractivity contribution >= 4 is 23.5 Å². The van der Waals surface area contributed by atoms with E-state index in [9.17, 15) is 14.7 Å². The summed E-state index contributed by atoms with van der Waals surface area (Å²) in [6, 6.07) is 8.66. The third-order valence-corrected chi connectivity index (χ3v) is 4.75. The van der Waals surface area contributed by atoms with Crippen LogP contribution >= 0.6 is 11.6 Å². The minimum Gasteiger partial charge on any atom is -0.481 e.